The van der Waals surface area contributed by atoms with Gasteiger partial charge >= 0.3 is 0 Å². The summed E-state index contributed by atoms with van der Waals surface area (Å²) in [5, 5.41) is 13.9. The summed E-state index contributed by atoms with van der Waals surface area (Å²) in [5.41, 5.74) is 0.694. The van der Waals surface area contributed by atoms with Gasteiger partial charge in [0.05, 0.1) is 4.92 Å². The molecule has 1 heterocycles. The van der Waals surface area contributed by atoms with Gasteiger partial charge in [-0.2, -0.15) is 0 Å². The fourth-order valence-corrected chi connectivity index (χ4v) is 2.07. The van der Waals surface area contributed by atoms with Gasteiger partial charge in [0, 0.05) is 24.2 Å². The number of rotatable bonds is 6. The number of nitrogens with one attached hydrogen (secondary N) is 1. The molecule has 0 aromatic carbocycles. The summed E-state index contributed by atoms with van der Waals surface area (Å²) in [7, 11) is 2.14. The molecule has 0 spiro atoms. The zero-order valence-electron chi connectivity index (χ0n) is 11.6. The minimum atomic E-state index is -0.407. The van der Waals surface area contributed by atoms with Crippen LogP contribution in [0.3, 0.4) is 0 Å². The van der Waals surface area contributed by atoms with Crippen molar-refractivity contribution in [3.8, 4) is 0 Å². The van der Waals surface area contributed by atoms with Gasteiger partial charge in [-0.1, -0.05) is 0 Å². The number of hydrogen-bond acceptors (Lipinski definition) is 5. The lowest BCUT2D eigenvalue weighted by Gasteiger charge is -2.24. The molecule has 1 N–H and O–H groups in total. The van der Waals surface area contributed by atoms with Crippen LogP contribution in [0.4, 0.5) is 11.5 Å². The van der Waals surface area contributed by atoms with Crippen LogP contribution in [-0.2, 0) is 0 Å². The van der Waals surface area contributed by atoms with Crippen molar-refractivity contribution in [2.45, 2.75) is 38.8 Å². The van der Waals surface area contributed by atoms with Gasteiger partial charge < -0.3 is 5.32 Å². The molecule has 1 aliphatic rings. The monoisotopic (exact) mass is 264 g/mol. The van der Waals surface area contributed by atoms with E-state index in [1.807, 2.05) is 0 Å². The van der Waals surface area contributed by atoms with E-state index < -0.39 is 4.92 Å². The highest BCUT2D eigenvalue weighted by atomic mass is 16.6. The first-order valence-electron chi connectivity index (χ1n) is 6.56. The zero-order valence-corrected chi connectivity index (χ0v) is 11.6. The molecule has 1 atom stereocenters. The van der Waals surface area contributed by atoms with Crippen molar-refractivity contribution in [3.63, 3.8) is 0 Å². The maximum absolute atomic E-state index is 10.7. The largest absolute Gasteiger partial charge is 0.368 e. The van der Waals surface area contributed by atoms with Crippen LogP contribution in [-0.4, -0.2) is 40.5 Å². The van der Waals surface area contributed by atoms with Crippen molar-refractivity contribution in [2.75, 3.05) is 18.9 Å². The molecule has 1 aromatic rings. The average Bonchev–Trinajstić information content (AvgIpc) is 3.18. The van der Waals surface area contributed by atoms with Crippen LogP contribution < -0.4 is 5.32 Å². The average molecular weight is 264 g/mol. The third-order valence-corrected chi connectivity index (χ3v) is 3.68. The number of nitrogens with zero attached hydrogens (tertiary/aromatic N) is 3. The molecular formula is C13H20N4O2. The molecule has 104 valence electrons. The standard InChI is InChI=1S/C13H20N4O2/c1-9-6-13(15-8-12(9)17(18)19)14-7-10(2)16(3)11-4-5-11/h6,8,10-11H,4-5,7H2,1-3H3,(H,14,15). The Bertz CT molecular complexity index is 474. The topological polar surface area (TPSA) is 71.3 Å². The lowest BCUT2D eigenvalue weighted by Crippen LogP contribution is -2.36. The fourth-order valence-electron chi connectivity index (χ4n) is 2.07. The zero-order chi connectivity index (χ0) is 14.0. The van der Waals surface area contributed by atoms with Crippen molar-refractivity contribution in [3.05, 3.63) is 27.9 Å². The van der Waals surface area contributed by atoms with Crippen molar-refractivity contribution >= 4 is 11.5 Å². The second kappa shape index (κ2) is 5.52. The van der Waals surface area contributed by atoms with E-state index in [1.54, 1.807) is 13.0 Å². The molecule has 0 amide bonds. The molecule has 1 saturated carbocycles. The Kier molecular flexibility index (Phi) is 3.99. The molecule has 0 bridgehead atoms. The molecule has 6 heteroatoms. The lowest BCUT2D eigenvalue weighted by molar-refractivity contribution is -0.385. The lowest BCUT2D eigenvalue weighted by atomic mass is 10.2. The molecule has 1 aromatic heterocycles. The van der Waals surface area contributed by atoms with Crippen LogP contribution in [0.5, 0.6) is 0 Å². The SMILES string of the molecule is Cc1cc(NCC(C)N(C)C2CC2)ncc1[N+](=O)[O-]. The van der Waals surface area contributed by atoms with E-state index >= 15 is 0 Å². The first kappa shape index (κ1) is 13.7. The van der Waals surface area contributed by atoms with Crippen LogP contribution in [0, 0.1) is 17.0 Å². The molecular weight excluding hydrogens is 244 g/mol. The number of aryl methyl sites for hydroxylation is 1. The minimum absolute atomic E-state index is 0.0636. The Balaban J connectivity index is 1.92. The predicted octanol–water partition coefficient (Wildman–Crippen LogP) is 2.19. The summed E-state index contributed by atoms with van der Waals surface area (Å²) in [4.78, 5) is 16.7. The number of likely N-dealkylation sites (N-methyl/N-ethyl adjacent to an activating group) is 1. The van der Waals surface area contributed by atoms with Crippen molar-refractivity contribution in [2.24, 2.45) is 0 Å². The van der Waals surface area contributed by atoms with E-state index in [4.69, 9.17) is 0 Å². The number of hydrogen-bond donors (Lipinski definition) is 1. The Morgan fingerprint density at radius 1 is 1.63 bits per heavy atom. The summed E-state index contributed by atoms with van der Waals surface area (Å²) in [6.07, 6.45) is 3.89. The van der Waals surface area contributed by atoms with E-state index in [9.17, 15) is 10.1 Å². The van der Waals surface area contributed by atoms with E-state index in [0.717, 1.165) is 12.6 Å². The fraction of sp³-hybridized carbons (Fsp3) is 0.615. The Labute approximate surface area is 113 Å². The number of nitro groups is 1. The first-order valence-corrected chi connectivity index (χ1v) is 6.56. The van der Waals surface area contributed by atoms with Gasteiger partial charge in [0.25, 0.3) is 5.69 Å². The molecule has 1 aliphatic carbocycles. The van der Waals surface area contributed by atoms with Crippen molar-refractivity contribution < 1.29 is 4.92 Å². The van der Waals surface area contributed by atoms with Gasteiger partial charge in [0.15, 0.2) is 0 Å². The number of anilines is 1. The molecule has 0 radical (unpaired) electrons. The predicted molar refractivity (Wildman–Crippen MR) is 74.4 cm³/mol. The Morgan fingerprint density at radius 3 is 2.84 bits per heavy atom. The first-order chi connectivity index (χ1) is 8.99. The van der Waals surface area contributed by atoms with Crippen molar-refractivity contribution in [1.82, 2.24) is 9.88 Å². The van der Waals surface area contributed by atoms with Gasteiger partial charge in [-0.15, -0.1) is 0 Å². The van der Waals surface area contributed by atoms with Gasteiger partial charge in [-0.3, -0.25) is 15.0 Å². The van der Waals surface area contributed by atoms with E-state index in [2.05, 4.69) is 29.2 Å². The molecule has 0 aliphatic heterocycles. The van der Waals surface area contributed by atoms with Gasteiger partial charge in [-0.05, 0) is 39.8 Å². The van der Waals surface area contributed by atoms with E-state index in [-0.39, 0.29) is 5.69 Å². The normalized spacial score (nSPS) is 16.4. The molecule has 2 rings (SSSR count). The van der Waals surface area contributed by atoms with E-state index in [1.165, 1.54) is 19.0 Å². The molecule has 19 heavy (non-hydrogen) atoms. The third-order valence-electron chi connectivity index (χ3n) is 3.68. The highest BCUT2D eigenvalue weighted by molar-refractivity contribution is 5.46. The molecule has 1 fully saturated rings. The number of pyridine rings is 1. The minimum Gasteiger partial charge on any atom is -0.368 e. The van der Waals surface area contributed by atoms with Crippen molar-refractivity contribution in [1.29, 1.82) is 0 Å². The highest BCUT2D eigenvalue weighted by Gasteiger charge is 2.28. The molecule has 1 unspecified atom stereocenters. The van der Waals surface area contributed by atoms with Gasteiger partial charge in [-0.25, -0.2) is 4.98 Å². The van der Waals surface area contributed by atoms with Crippen LogP contribution in [0.25, 0.3) is 0 Å². The molecule has 6 nitrogen and oxygen atoms in total. The summed E-state index contributed by atoms with van der Waals surface area (Å²) >= 11 is 0. The highest BCUT2D eigenvalue weighted by Crippen LogP contribution is 2.27. The second-order valence-corrected chi connectivity index (χ2v) is 5.24. The summed E-state index contributed by atoms with van der Waals surface area (Å²) < 4.78 is 0. The molecule has 0 saturated heterocycles. The van der Waals surface area contributed by atoms with Crippen LogP contribution in [0.15, 0.2) is 12.3 Å². The maximum atomic E-state index is 10.7. The van der Waals surface area contributed by atoms with E-state index in [0.29, 0.717) is 17.4 Å². The summed E-state index contributed by atoms with van der Waals surface area (Å²) in [5.74, 6) is 0.694. The van der Waals surface area contributed by atoms with Crippen LogP contribution >= 0.6 is 0 Å². The van der Waals surface area contributed by atoms with Crippen LogP contribution in [0.2, 0.25) is 0 Å². The third kappa shape index (κ3) is 3.41. The number of aromatic nitrogens is 1. The van der Waals surface area contributed by atoms with Gasteiger partial charge in [0.1, 0.15) is 12.0 Å². The summed E-state index contributed by atoms with van der Waals surface area (Å²) in [6.45, 7) is 4.69. The second-order valence-electron chi connectivity index (χ2n) is 5.24. The van der Waals surface area contributed by atoms with Gasteiger partial charge in [0.2, 0.25) is 0 Å². The Hall–Kier alpha value is -1.69. The smallest absolute Gasteiger partial charge is 0.290 e. The quantitative estimate of drug-likeness (QED) is 0.630. The Morgan fingerprint density at radius 2 is 2.32 bits per heavy atom. The maximum Gasteiger partial charge on any atom is 0.290 e. The van der Waals surface area contributed by atoms with Crippen LogP contribution in [0.1, 0.15) is 25.3 Å². The summed E-state index contributed by atoms with van der Waals surface area (Å²) in [6, 6.07) is 2.87.